The zero-order valence-electron chi connectivity index (χ0n) is 10.9. The summed E-state index contributed by atoms with van der Waals surface area (Å²) in [5, 5.41) is 4.93. The van der Waals surface area contributed by atoms with Crippen molar-refractivity contribution in [1.82, 2.24) is 9.78 Å². The quantitative estimate of drug-likeness (QED) is 0.598. The fraction of sp³-hybridized carbons (Fsp3) is 0.385. The first-order chi connectivity index (χ1) is 8.76. The molecule has 1 heterocycles. The van der Waals surface area contributed by atoms with E-state index in [9.17, 15) is 9.18 Å². The van der Waals surface area contributed by atoms with E-state index in [2.05, 4.69) is 5.10 Å². The number of hydrogen-bond acceptors (Lipinski definition) is 3. The number of hydrogen-bond donors (Lipinski definition) is 0. The van der Waals surface area contributed by atoms with Crippen LogP contribution in [0.5, 0.6) is 0 Å². The Morgan fingerprint density at radius 1 is 1.47 bits per heavy atom. The summed E-state index contributed by atoms with van der Waals surface area (Å²) in [5.41, 5.74) is 0.191. The molecule has 0 fully saturated rings. The molecule has 0 saturated heterocycles. The molecule has 0 N–H and O–H groups in total. The zero-order chi connectivity index (χ0) is 14.2. The molecule has 6 heteroatoms. The molecule has 1 aromatic heterocycles. The van der Waals surface area contributed by atoms with Crippen LogP contribution < -0.4 is 0 Å². The summed E-state index contributed by atoms with van der Waals surface area (Å²) in [6.45, 7) is 5.45. The van der Waals surface area contributed by atoms with E-state index < -0.39 is 5.60 Å². The van der Waals surface area contributed by atoms with Crippen molar-refractivity contribution in [2.45, 2.75) is 32.9 Å². The van der Waals surface area contributed by atoms with Gasteiger partial charge in [0.15, 0.2) is 0 Å². The predicted octanol–water partition coefficient (Wildman–Crippen LogP) is 3.12. The second-order valence-electron chi connectivity index (χ2n) is 5.20. The van der Waals surface area contributed by atoms with E-state index in [4.69, 9.17) is 4.74 Å². The number of carbonyl (C=O) groups excluding carboxylic acids is 1. The van der Waals surface area contributed by atoms with E-state index in [1.807, 2.05) is 43.4 Å². The number of nitrogens with zero attached hydrogens (tertiary/aromatic N) is 2. The molecule has 19 heavy (non-hydrogen) atoms. The lowest BCUT2D eigenvalue weighted by Gasteiger charge is -2.19. The first kappa shape index (κ1) is 14.2. The largest absolute Gasteiger partial charge is 0.459 e. The van der Waals surface area contributed by atoms with Crippen molar-refractivity contribution >= 4 is 39.5 Å². The maximum atomic E-state index is 13.2. The highest BCUT2D eigenvalue weighted by molar-refractivity contribution is 14.1. The van der Waals surface area contributed by atoms with Crippen molar-refractivity contribution in [2.75, 3.05) is 0 Å². The number of halogens is 2. The molecule has 1 aromatic carbocycles. The van der Waals surface area contributed by atoms with Crippen LogP contribution in [-0.4, -0.2) is 21.4 Å². The molecule has 0 saturated carbocycles. The van der Waals surface area contributed by atoms with Gasteiger partial charge in [0.25, 0.3) is 0 Å². The lowest BCUT2D eigenvalue weighted by atomic mass is 10.2. The molecule has 0 amide bonds. The van der Waals surface area contributed by atoms with Gasteiger partial charge >= 0.3 is 5.97 Å². The van der Waals surface area contributed by atoms with Crippen LogP contribution in [0.4, 0.5) is 4.39 Å². The summed E-state index contributed by atoms with van der Waals surface area (Å²) < 4.78 is 20.6. The second-order valence-corrected chi connectivity index (χ2v) is 6.22. The van der Waals surface area contributed by atoms with Crippen LogP contribution in [0.25, 0.3) is 10.9 Å². The smallest absolute Gasteiger partial charge is 0.328 e. The number of esters is 1. The van der Waals surface area contributed by atoms with Gasteiger partial charge in [-0.1, -0.05) is 0 Å². The molecule has 4 nitrogen and oxygen atoms in total. The van der Waals surface area contributed by atoms with Crippen molar-refractivity contribution in [3.63, 3.8) is 0 Å². The van der Waals surface area contributed by atoms with Crippen LogP contribution in [0, 0.1) is 9.52 Å². The van der Waals surface area contributed by atoms with Crippen molar-refractivity contribution in [3.8, 4) is 0 Å². The summed E-state index contributed by atoms with van der Waals surface area (Å²) >= 11 is 2.02. The average Bonchev–Trinajstić information content (AvgIpc) is 2.52. The minimum Gasteiger partial charge on any atom is -0.459 e. The summed E-state index contributed by atoms with van der Waals surface area (Å²) in [4.78, 5) is 11.8. The van der Waals surface area contributed by atoms with Crippen LogP contribution >= 0.6 is 22.6 Å². The summed E-state index contributed by atoms with van der Waals surface area (Å²) in [6.07, 6.45) is 0. The van der Waals surface area contributed by atoms with Gasteiger partial charge in [-0.2, -0.15) is 5.10 Å². The van der Waals surface area contributed by atoms with Crippen LogP contribution in [0.2, 0.25) is 0 Å². The molecule has 0 aliphatic heterocycles. The van der Waals surface area contributed by atoms with Gasteiger partial charge in [0, 0.05) is 5.39 Å². The standard InChI is InChI=1S/C13H14FIN2O2/c1-13(2,3)19-11(18)7-17-10-5-4-8(14)6-9(10)12(15)16-17/h4-6H,7H2,1-3H3. The van der Waals surface area contributed by atoms with Gasteiger partial charge in [0.1, 0.15) is 21.7 Å². The van der Waals surface area contributed by atoms with Crippen molar-refractivity contribution in [3.05, 3.63) is 27.7 Å². The Balaban J connectivity index is 2.29. The number of carbonyl (C=O) groups is 1. The van der Waals surface area contributed by atoms with E-state index in [0.717, 1.165) is 5.52 Å². The highest BCUT2D eigenvalue weighted by atomic mass is 127. The maximum Gasteiger partial charge on any atom is 0.328 e. The van der Waals surface area contributed by atoms with Gasteiger partial charge in [0.2, 0.25) is 0 Å². The topological polar surface area (TPSA) is 44.1 Å². The van der Waals surface area contributed by atoms with Gasteiger partial charge in [-0.05, 0) is 61.6 Å². The highest BCUT2D eigenvalue weighted by Crippen LogP contribution is 2.21. The minimum absolute atomic E-state index is 0.0163. The lowest BCUT2D eigenvalue weighted by Crippen LogP contribution is -2.26. The molecule has 0 unspecified atom stereocenters. The molecule has 0 radical (unpaired) electrons. The Kier molecular flexibility index (Phi) is 3.80. The minimum atomic E-state index is -0.528. The molecule has 0 atom stereocenters. The fourth-order valence-corrected chi connectivity index (χ4v) is 2.42. The van der Waals surface area contributed by atoms with Gasteiger partial charge in [0.05, 0.1) is 5.52 Å². The summed E-state index contributed by atoms with van der Waals surface area (Å²) in [5.74, 6) is -0.681. The van der Waals surface area contributed by atoms with Gasteiger partial charge in [-0.3, -0.25) is 9.48 Å². The Labute approximate surface area is 124 Å². The molecule has 0 aliphatic carbocycles. The monoisotopic (exact) mass is 376 g/mol. The normalized spacial score (nSPS) is 11.8. The van der Waals surface area contributed by atoms with Gasteiger partial charge in [-0.25, -0.2) is 4.39 Å². The van der Waals surface area contributed by atoms with Crippen molar-refractivity contribution < 1.29 is 13.9 Å². The maximum absolute atomic E-state index is 13.2. The number of ether oxygens (including phenoxy) is 1. The number of rotatable bonds is 2. The Morgan fingerprint density at radius 2 is 2.16 bits per heavy atom. The molecule has 2 aromatic rings. The molecule has 102 valence electrons. The van der Waals surface area contributed by atoms with E-state index in [1.165, 1.54) is 16.8 Å². The summed E-state index contributed by atoms with van der Waals surface area (Å²) in [7, 11) is 0. The van der Waals surface area contributed by atoms with Crippen molar-refractivity contribution in [2.24, 2.45) is 0 Å². The molecule has 0 spiro atoms. The first-order valence-corrected chi connectivity index (χ1v) is 6.87. The number of benzene rings is 1. The molecule has 0 bridgehead atoms. The fourth-order valence-electron chi connectivity index (χ4n) is 1.73. The zero-order valence-corrected chi connectivity index (χ0v) is 13.1. The van der Waals surface area contributed by atoms with Gasteiger partial charge < -0.3 is 4.74 Å². The van der Waals surface area contributed by atoms with Crippen LogP contribution in [0.1, 0.15) is 20.8 Å². The van der Waals surface area contributed by atoms with E-state index in [0.29, 0.717) is 9.09 Å². The average molecular weight is 376 g/mol. The molecular weight excluding hydrogens is 362 g/mol. The van der Waals surface area contributed by atoms with E-state index >= 15 is 0 Å². The molecular formula is C13H14FIN2O2. The lowest BCUT2D eigenvalue weighted by molar-refractivity contribution is -0.155. The third kappa shape index (κ3) is 3.43. The van der Waals surface area contributed by atoms with Crippen LogP contribution in [-0.2, 0) is 16.1 Å². The Hall–Kier alpha value is -1.18. The van der Waals surface area contributed by atoms with E-state index in [-0.39, 0.29) is 18.3 Å². The Bertz CT molecular complexity index is 631. The third-order valence-corrected chi connectivity index (χ3v) is 3.16. The highest BCUT2D eigenvalue weighted by Gasteiger charge is 2.18. The molecule has 0 aliphatic rings. The summed E-state index contributed by atoms with van der Waals surface area (Å²) in [6, 6.07) is 4.38. The Morgan fingerprint density at radius 3 is 2.79 bits per heavy atom. The van der Waals surface area contributed by atoms with Crippen LogP contribution in [0.3, 0.4) is 0 Å². The number of fused-ring (bicyclic) bond motifs is 1. The SMILES string of the molecule is CC(C)(C)OC(=O)Cn1nc(I)c2cc(F)ccc21. The first-order valence-electron chi connectivity index (χ1n) is 5.80. The van der Waals surface area contributed by atoms with Crippen LogP contribution in [0.15, 0.2) is 18.2 Å². The predicted molar refractivity (Wildman–Crippen MR) is 78.3 cm³/mol. The van der Waals surface area contributed by atoms with Gasteiger partial charge in [-0.15, -0.1) is 0 Å². The third-order valence-electron chi connectivity index (χ3n) is 2.37. The molecule has 2 rings (SSSR count). The van der Waals surface area contributed by atoms with E-state index in [1.54, 1.807) is 6.07 Å². The number of aromatic nitrogens is 2. The van der Waals surface area contributed by atoms with Crippen molar-refractivity contribution in [1.29, 1.82) is 0 Å². The second kappa shape index (κ2) is 5.07.